The molecule has 2 nitrogen and oxygen atoms in total. The topological polar surface area (TPSA) is 18.5 Å². The van der Waals surface area contributed by atoms with Gasteiger partial charge >= 0.3 is 0 Å². The minimum absolute atomic E-state index is 0.00263. The maximum absolute atomic E-state index is 6.24. The zero-order valence-corrected chi connectivity index (χ0v) is 31.6. The summed E-state index contributed by atoms with van der Waals surface area (Å²) in [5.41, 5.74) is 6.06. The molecule has 1 rings (SSSR count). The zero-order chi connectivity index (χ0) is 30.7. The van der Waals surface area contributed by atoms with Gasteiger partial charge in [-0.1, -0.05) is 138 Å². The van der Waals surface area contributed by atoms with Crippen molar-refractivity contribution in [2.45, 2.75) is 182 Å². The smallest absolute Gasteiger partial charge is 0.157 e. The number of aryl methyl sites for hydroxylation is 1. The van der Waals surface area contributed by atoms with Gasteiger partial charge in [0.15, 0.2) is 6.29 Å². The molecule has 0 aliphatic rings. The van der Waals surface area contributed by atoms with Gasteiger partial charge in [0.25, 0.3) is 0 Å². The van der Waals surface area contributed by atoms with Gasteiger partial charge in [-0.25, -0.2) is 0 Å². The molecule has 0 spiro atoms. The first-order valence-corrected chi connectivity index (χ1v) is 22.0. The summed E-state index contributed by atoms with van der Waals surface area (Å²) in [5.74, 6) is 0. The molecule has 0 aromatic heterocycles. The Balaban J connectivity index is 2.23. The predicted molar refractivity (Wildman–Crippen MR) is 199 cm³/mol. The highest BCUT2D eigenvalue weighted by Crippen LogP contribution is 2.27. The Bertz CT molecular complexity index is 774. The van der Waals surface area contributed by atoms with E-state index in [2.05, 4.69) is 74.9 Å². The molecule has 0 saturated carbocycles. The van der Waals surface area contributed by atoms with E-state index in [1.165, 1.54) is 157 Å². The minimum Gasteiger partial charge on any atom is -0.353 e. The first-order chi connectivity index (χ1) is 20.5. The van der Waals surface area contributed by atoms with Gasteiger partial charge in [0.2, 0.25) is 0 Å². The fourth-order valence-electron chi connectivity index (χ4n) is 5.63. The lowest BCUT2D eigenvalue weighted by Crippen LogP contribution is -2.19. The number of unbranched alkanes of at least 4 members (excludes halogenated alkanes) is 16. The van der Waals surface area contributed by atoms with Crippen LogP contribution in [0, 0.1) is 20.8 Å². The summed E-state index contributed by atoms with van der Waals surface area (Å²) >= 11 is 2.53. The second-order valence-electron chi connectivity index (χ2n) is 12.5. The molecule has 244 valence electrons. The highest BCUT2D eigenvalue weighted by molar-refractivity contribution is 14.2. The van der Waals surface area contributed by atoms with Crippen LogP contribution < -0.4 is 5.30 Å². The molecule has 1 atom stereocenters. The van der Waals surface area contributed by atoms with Crippen molar-refractivity contribution in [3.63, 3.8) is 0 Å². The van der Waals surface area contributed by atoms with E-state index >= 15 is 0 Å². The van der Waals surface area contributed by atoms with Crippen LogP contribution in [0.4, 0.5) is 0 Å². The summed E-state index contributed by atoms with van der Waals surface area (Å²) in [6.45, 7) is 13.2. The van der Waals surface area contributed by atoms with Crippen LogP contribution in [0.1, 0.15) is 171 Å². The molecule has 1 aromatic carbocycles. The van der Waals surface area contributed by atoms with E-state index in [4.69, 9.17) is 9.47 Å². The Hall–Kier alpha value is 0.0400. The Labute approximate surface area is 277 Å². The van der Waals surface area contributed by atoms with Gasteiger partial charge in [0.05, 0.1) is 0 Å². The third-order valence-corrected chi connectivity index (χ3v) is 11.3. The van der Waals surface area contributed by atoms with Crippen molar-refractivity contribution in [3.8, 4) is 0 Å². The molecule has 0 heterocycles. The van der Waals surface area contributed by atoms with Gasteiger partial charge in [-0.3, -0.25) is 0 Å². The highest BCUT2D eigenvalue weighted by atomic mass is 127. The number of ether oxygens (including phenoxy) is 2. The molecule has 0 aliphatic carbocycles. The Morgan fingerprint density at radius 2 is 1.12 bits per heavy atom. The summed E-state index contributed by atoms with van der Waals surface area (Å²) in [4.78, 5) is 0. The molecule has 0 bridgehead atoms. The van der Waals surface area contributed by atoms with Crippen molar-refractivity contribution >= 4 is 33.6 Å². The summed E-state index contributed by atoms with van der Waals surface area (Å²) < 4.78 is 12.5. The van der Waals surface area contributed by atoms with E-state index in [1.54, 1.807) is 5.56 Å². The summed E-state index contributed by atoms with van der Waals surface area (Å²) in [7, 11) is 0. The quantitative estimate of drug-likeness (QED) is 0.0270. The molecule has 0 aliphatic heterocycles. The molecule has 0 fully saturated rings. The van der Waals surface area contributed by atoms with Crippen LogP contribution in [-0.2, 0) is 15.9 Å². The van der Waals surface area contributed by atoms with E-state index in [9.17, 15) is 0 Å². The van der Waals surface area contributed by atoms with Crippen molar-refractivity contribution in [1.29, 1.82) is 0 Å². The molecule has 1 aromatic rings. The number of rotatable bonds is 29. The zero-order valence-electron chi connectivity index (χ0n) is 28.5. The predicted octanol–water partition coefficient (Wildman–Crippen LogP) is 13.0. The average molecular weight is 715 g/mol. The van der Waals surface area contributed by atoms with Gasteiger partial charge in [-0.15, -0.1) is 0 Å². The van der Waals surface area contributed by atoms with Crippen LogP contribution in [0.3, 0.4) is 0 Å². The van der Waals surface area contributed by atoms with Crippen molar-refractivity contribution in [2.75, 3.05) is 13.2 Å². The Kier molecular flexibility index (Phi) is 27.2. The largest absolute Gasteiger partial charge is 0.353 e. The molecule has 0 amide bonds. The second-order valence-corrected chi connectivity index (χ2v) is 14.8. The van der Waals surface area contributed by atoms with E-state index < -0.39 is 0 Å². The Morgan fingerprint density at radius 1 is 0.619 bits per heavy atom. The van der Waals surface area contributed by atoms with Gasteiger partial charge in [-0.2, -0.15) is 0 Å². The van der Waals surface area contributed by atoms with Crippen molar-refractivity contribution < 1.29 is 9.47 Å². The van der Waals surface area contributed by atoms with Gasteiger partial charge in [-0.05, 0) is 112 Å². The molecule has 42 heavy (non-hydrogen) atoms. The summed E-state index contributed by atoms with van der Waals surface area (Å²) in [6.07, 6.45) is 33.9. The van der Waals surface area contributed by atoms with Crippen LogP contribution in [0.25, 0.3) is 0 Å². The van der Waals surface area contributed by atoms with Crippen LogP contribution in [0.5, 0.6) is 0 Å². The molecule has 0 saturated heterocycles. The van der Waals surface area contributed by atoms with Gasteiger partial charge in [0, 0.05) is 13.2 Å². The number of hydrogen-bond donors (Lipinski definition) is 0. The van der Waals surface area contributed by atoms with Crippen LogP contribution in [0.15, 0.2) is 18.2 Å². The van der Waals surface area contributed by atoms with Crippen LogP contribution in [0.2, 0.25) is 0 Å². The van der Waals surface area contributed by atoms with Gasteiger partial charge in [0.1, 0.15) is 0 Å². The summed E-state index contributed by atoms with van der Waals surface area (Å²) in [5, 5.41) is 1.54. The van der Waals surface area contributed by atoms with E-state index in [0.29, 0.717) is 0 Å². The van der Waals surface area contributed by atoms with Crippen molar-refractivity contribution in [2.24, 2.45) is 0 Å². The van der Waals surface area contributed by atoms with Crippen molar-refractivity contribution in [3.05, 3.63) is 40.5 Å². The van der Waals surface area contributed by atoms with E-state index in [-0.39, 0.29) is 6.29 Å². The maximum atomic E-state index is 6.24. The summed E-state index contributed by atoms with van der Waals surface area (Å²) in [6, 6.07) is 2.47. The fourth-order valence-corrected chi connectivity index (χ4v) is 7.87. The molecule has 4 heteroatoms. The normalized spacial score (nSPS) is 12.2. The van der Waals surface area contributed by atoms with E-state index in [0.717, 1.165) is 25.9 Å². The monoisotopic (exact) mass is 714 g/mol. The number of allylic oxidation sites excluding steroid dienone is 2. The lowest BCUT2D eigenvalue weighted by molar-refractivity contribution is -0.148. The lowest BCUT2D eigenvalue weighted by Gasteiger charge is -2.19. The molecule has 1 unspecified atom stereocenters. The number of halogens is 1. The molecule has 0 N–H and O–H groups in total. The van der Waals surface area contributed by atoms with Crippen LogP contribution >= 0.6 is 28.3 Å². The maximum Gasteiger partial charge on any atom is 0.157 e. The molecule has 0 radical (unpaired) electrons. The first-order valence-electron chi connectivity index (χ1n) is 17.9. The van der Waals surface area contributed by atoms with E-state index in [1.807, 2.05) is 0 Å². The molecular formula is C38H68IO2P. The second kappa shape index (κ2) is 28.5. The molecular weight excluding hydrogens is 646 g/mol. The lowest BCUT2D eigenvalue weighted by atomic mass is 9.95. The number of benzene rings is 1. The highest BCUT2D eigenvalue weighted by Gasteiger charge is 2.10. The van der Waals surface area contributed by atoms with Crippen molar-refractivity contribution in [1.82, 2.24) is 0 Å². The Morgan fingerprint density at radius 3 is 1.67 bits per heavy atom. The third-order valence-electron chi connectivity index (χ3n) is 8.83. The average Bonchev–Trinajstić information content (AvgIpc) is 3.00. The van der Waals surface area contributed by atoms with Gasteiger partial charge < -0.3 is 9.47 Å². The van der Waals surface area contributed by atoms with Crippen LogP contribution in [-0.4, -0.2) is 19.5 Å². The SMILES string of the molecule is CCCCCCCCCOC(CCCCC/C=C/CCCc1cc(PI)c(C)c(C)c1C)OCCCCCCCCC. The fraction of sp³-hybridized carbons (Fsp3) is 0.789. The standard InChI is InChI=1S/C38H68IO2P/c1-6-8-10-12-18-22-26-30-40-38(41-31-27-23-19-13-11-9-7-2)29-25-21-17-15-14-16-20-24-28-36-32-37(42-39)35(5)33(3)34(36)4/h14,16,32,38,42H,6-13,15,17-31H2,1-5H3/b16-14+. The number of hydrogen-bond acceptors (Lipinski definition) is 2. The first kappa shape index (κ1) is 40.1. The third kappa shape index (κ3) is 20.1. The minimum atomic E-state index is 0.00263.